The van der Waals surface area contributed by atoms with E-state index in [2.05, 4.69) is 5.32 Å². The molecule has 1 aliphatic heterocycles. The highest BCUT2D eigenvalue weighted by atomic mass is 32.2. The SMILES string of the molecule is O=C(NCCc1ccccc1)c1cc(S(=O)(=O)N2CCOCC2)ccc1Sc1ccc(F)cc1. The predicted molar refractivity (Wildman–Crippen MR) is 129 cm³/mol. The first-order valence-electron chi connectivity index (χ1n) is 10.9. The number of morpholine rings is 1. The minimum absolute atomic E-state index is 0.0612. The summed E-state index contributed by atoms with van der Waals surface area (Å²) < 4.78 is 46.3. The Morgan fingerprint density at radius 3 is 2.41 bits per heavy atom. The van der Waals surface area contributed by atoms with Gasteiger partial charge >= 0.3 is 0 Å². The molecule has 0 saturated carbocycles. The fourth-order valence-electron chi connectivity index (χ4n) is 3.56. The van der Waals surface area contributed by atoms with Crippen molar-refractivity contribution in [2.45, 2.75) is 21.1 Å². The van der Waals surface area contributed by atoms with Crippen molar-refractivity contribution < 1.29 is 22.3 Å². The van der Waals surface area contributed by atoms with Crippen LogP contribution in [0.25, 0.3) is 0 Å². The molecule has 3 aromatic rings. The summed E-state index contributed by atoms with van der Waals surface area (Å²) in [4.78, 5) is 14.5. The Bertz CT molecular complexity index is 1230. The first-order valence-corrected chi connectivity index (χ1v) is 13.2. The lowest BCUT2D eigenvalue weighted by Crippen LogP contribution is -2.40. The normalized spacial score (nSPS) is 14.6. The van der Waals surface area contributed by atoms with Gasteiger partial charge < -0.3 is 10.1 Å². The first-order chi connectivity index (χ1) is 16.4. The molecule has 0 unspecified atom stereocenters. The second kappa shape index (κ2) is 11.1. The van der Waals surface area contributed by atoms with Gasteiger partial charge in [0.2, 0.25) is 10.0 Å². The fourth-order valence-corrected chi connectivity index (χ4v) is 5.92. The van der Waals surface area contributed by atoms with Gasteiger partial charge in [-0.25, -0.2) is 12.8 Å². The number of ether oxygens (including phenoxy) is 1. The maximum Gasteiger partial charge on any atom is 0.252 e. The Morgan fingerprint density at radius 2 is 1.71 bits per heavy atom. The van der Waals surface area contributed by atoms with Gasteiger partial charge in [0.15, 0.2) is 0 Å². The van der Waals surface area contributed by atoms with Crippen LogP contribution in [0.5, 0.6) is 0 Å². The van der Waals surface area contributed by atoms with Gasteiger partial charge in [0.1, 0.15) is 5.82 Å². The Balaban J connectivity index is 1.59. The molecule has 1 aliphatic rings. The van der Waals surface area contributed by atoms with E-state index in [9.17, 15) is 17.6 Å². The average Bonchev–Trinajstić information content (AvgIpc) is 2.86. The summed E-state index contributed by atoms with van der Waals surface area (Å²) in [5, 5.41) is 2.90. The monoisotopic (exact) mass is 500 g/mol. The average molecular weight is 501 g/mol. The van der Waals surface area contributed by atoms with E-state index in [0.29, 0.717) is 31.1 Å². The fraction of sp³-hybridized carbons (Fsp3) is 0.240. The topological polar surface area (TPSA) is 75.7 Å². The van der Waals surface area contributed by atoms with E-state index >= 15 is 0 Å². The predicted octanol–water partition coefficient (Wildman–Crippen LogP) is 3.97. The molecule has 0 aromatic heterocycles. The number of carbonyl (C=O) groups excluding carboxylic acids is 1. The Labute approximate surface area is 203 Å². The Hall–Kier alpha value is -2.72. The Morgan fingerprint density at radius 1 is 1.00 bits per heavy atom. The quantitative estimate of drug-likeness (QED) is 0.507. The van der Waals surface area contributed by atoms with Gasteiger partial charge in [-0.15, -0.1) is 0 Å². The minimum Gasteiger partial charge on any atom is -0.379 e. The number of carbonyl (C=O) groups is 1. The molecule has 1 fully saturated rings. The molecule has 34 heavy (non-hydrogen) atoms. The molecule has 1 heterocycles. The number of rotatable bonds is 8. The van der Waals surface area contributed by atoms with Gasteiger partial charge in [0, 0.05) is 29.4 Å². The van der Waals surface area contributed by atoms with Crippen molar-refractivity contribution in [2.24, 2.45) is 0 Å². The van der Waals surface area contributed by atoms with Crippen molar-refractivity contribution in [3.63, 3.8) is 0 Å². The number of hydrogen-bond donors (Lipinski definition) is 1. The third-order valence-electron chi connectivity index (χ3n) is 5.39. The number of amides is 1. The van der Waals surface area contributed by atoms with Crippen molar-refractivity contribution in [3.8, 4) is 0 Å². The van der Waals surface area contributed by atoms with Crippen LogP contribution in [0, 0.1) is 5.82 Å². The van der Waals surface area contributed by atoms with Crippen LogP contribution in [-0.4, -0.2) is 51.5 Å². The molecule has 1 amide bonds. The van der Waals surface area contributed by atoms with E-state index in [0.717, 1.165) is 10.5 Å². The number of sulfonamides is 1. The summed E-state index contributed by atoms with van der Waals surface area (Å²) in [6.45, 7) is 1.62. The highest BCUT2D eigenvalue weighted by Crippen LogP contribution is 2.33. The summed E-state index contributed by atoms with van der Waals surface area (Å²) in [6, 6.07) is 20.3. The number of nitrogens with one attached hydrogen (secondary N) is 1. The molecule has 3 aromatic carbocycles. The van der Waals surface area contributed by atoms with Crippen LogP contribution < -0.4 is 5.32 Å². The van der Waals surface area contributed by atoms with Gasteiger partial charge in [-0.3, -0.25) is 4.79 Å². The number of halogens is 1. The molecule has 0 radical (unpaired) electrons. The van der Waals surface area contributed by atoms with E-state index in [-0.39, 0.29) is 35.3 Å². The Kier molecular flexibility index (Phi) is 7.99. The molecular formula is C25H25FN2O4S2. The lowest BCUT2D eigenvalue weighted by atomic mass is 10.1. The summed E-state index contributed by atoms with van der Waals surface area (Å²) >= 11 is 1.28. The van der Waals surface area contributed by atoms with Crippen LogP contribution in [0.4, 0.5) is 4.39 Å². The highest BCUT2D eigenvalue weighted by molar-refractivity contribution is 7.99. The molecule has 0 spiro atoms. The van der Waals surface area contributed by atoms with Crippen LogP contribution in [-0.2, 0) is 21.2 Å². The highest BCUT2D eigenvalue weighted by Gasteiger charge is 2.28. The standard InChI is InChI=1S/C25H25FN2O4S2/c26-20-6-8-21(9-7-20)33-24-11-10-22(34(30,31)28-14-16-32-17-15-28)18-23(24)25(29)27-13-12-19-4-2-1-3-5-19/h1-11,18H,12-17H2,(H,27,29). The smallest absolute Gasteiger partial charge is 0.252 e. The summed E-state index contributed by atoms with van der Waals surface area (Å²) in [6.07, 6.45) is 0.652. The molecule has 0 aliphatic carbocycles. The lowest BCUT2D eigenvalue weighted by Gasteiger charge is -2.26. The van der Waals surface area contributed by atoms with Crippen LogP contribution in [0.3, 0.4) is 0 Å². The van der Waals surface area contributed by atoms with Crippen LogP contribution in [0.2, 0.25) is 0 Å². The van der Waals surface area contributed by atoms with E-state index in [1.54, 1.807) is 18.2 Å². The minimum atomic E-state index is -3.76. The summed E-state index contributed by atoms with van der Waals surface area (Å²) in [7, 11) is -3.76. The van der Waals surface area contributed by atoms with E-state index < -0.39 is 10.0 Å². The van der Waals surface area contributed by atoms with Crippen LogP contribution in [0.15, 0.2) is 87.5 Å². The van der Waals surface area contributed by atoms with Crippen molar-refractivity contribution in [2.75, 3.05) is 32.8 Å². The van der Waals surface area contributed by atoms with Gasteiger partial charge in [0.05, 0.1) is 23.7 Å². The molecule has 1 N–H and O–H groups in total. The molecular weight excluding hydrogens is 475 g/mol. The van der Waals surface area contributed by atoms with Gasteiger partial charge in [0.25, 0.3) is 5.91 Å². The molecule has 178 valence electrons. The second-order valence-electron chi connectivity index (χ2n) is 7.72. The maximum atomic E-state index is 13.3. The summed E-state index contributed by atoms with van der Waals surface area (Å²) in [5.74, 6) is -0.713. The van der Waals surface area contributed by atoms with Crippen molar-refractivity contribution in [1.82, 2.24) is 9.62 Å². The van der Waals surface area contributed by atoms with Crippen molar-refractivity contribution >= 4 is 27.7 Å². The van der Waals surface area contributed by atoms with Crippen LogP contribution in [0.1, 0.15) is 15.9 Å². The zero-order valence-electron chi connectivity index (χ0n) is 18.4. The first kappa shape index (κ1) is 24.4. The maximum absolute atomic E-state index is 13.3. The molecule has 9 heteroatoms. The van der Waals surface area contributed by atoms with Gasteiger partial charge in [-0.05, 0) is 54.4 Å². The zero-order valence-corrected chi connectivity index (χ0v) is 20.1. The van der Waals surface area contributed by atoms with Crippen molar-refractivity contribution in [1.29, 1.82) is 0 Å². The number of nitrogens with zero attached hydrogens (tertiary/aromatic N) is 1. The van der Waals surface area contributed by atoms with Gasteiger partial charge in [-0.2, -0.15) is 4.31 Å². The van der Waals surface area contributed by atoms with E-state index in [4.69, 9.17) is 4.74 Å². The van der Waals surface area contributed by atoms with Gasteiger partial charge in [-0.1, -0.05) is 42.1 Å². The zero-order chi connectivity index (χ0) is 24.0. The van der Waals surface area contributed by atoms with E-state index in [1.165, 1.54) is 40.3 Å². The molecule has 4 rings (SSSR count). The molecule has 6 nitrogen and oxygen atoms in total. The lowest BCUT2D eigenvalue weighted by molar-refractivity contribution is 0.0730. The van der Waals surface area contributed by atoms with Crippen LogP contribution >= 0.6 is 11.8 Å². The number of benzene rings is 3. The van der Waals surface area contributed by atoms with Crippen molar-refractivity contribution in [3.05, 3.63) is 89.7 Å². The molecule has 0 bridgehead atoms. The third-order valence-corrected chi connectivity index (χ3v) is 8.37. The molecule has 1 saturated heterocycles. The molecule has 0 atom stereocenters. The number of hydrogen-bond acceptors (Lipinski definition) is 5. The second-order valence-corrected chi connectivity index (χ2v) is 10.8. The largest absolute Gasteiger partial charge is 0.379 e. The van der Waals surface area contributed by atoms with E-state index in [1.807, 2.05) is 30.3 Å². The summed E-state index contributed by atoms with van der Waals surface area (Å²) in [5.41, 5.74) is 1.35. The third kappa shape index (κ3) is 6.04.